The van der Waals surface area contributed by atoms with Crippen LogP contribution in [-0.2, 0) is 4.79 Å². The molecule has 0 aliphatic heterocycles. The standard InChI is InChI=1S/C15H18F2N6O3S/c1-3-19-14(25)20-12(24)8(2)27-15-22-21-11(23(15)18)9-4-6-10(7-5-9)26-13(16)17/h4-8,13H,3,18H2,1-2H3,(H2,19,20,24,25)/t8-/m0/s1. The van der Waals surface area contributed by atoms with Crippen LogP contribution >= 0.6 is 11.8 Å². The Bertz CT molecular complexity index is 799. The van der Waals surface area contributed by atoms with E-state index in [0.29, 0.717) is 12.1 Å². The highest BCUT2D eigenvalue weighted by Gasteiger charge is 2.21. The van der Waals surface area contributed by atoms with Gasteiger partial charge in [0.2, 0.25) is 11.1 Å². The number of carbonyl (C=O) groups is 2. The predicted octanol–water partition coefficient (Wildman–Crippen LogP) is 1.59. The van der Waals surface area contributed by atoms with Crippen LogP contribution in [0.4, 0.5) is 13.6 Å². The summed E-state index contributed by atoms with van der Waals surface area (Å²) in [5.41, 5.74) is 0.526. The van der Waals surface area contributed by atoms with Crippen LogP contribution in [0.5, 0.6) is 5.75 Å². The third-order valence-corrected chi connectivity index (χ3v) is 4.28. The van der Waals surface area contributed by atoms with E-state index in [-0.39, 0.29) is 16.7 Å². The van der Waals surface area contributed by atoms with Crippen molar-refractivity contribution in [2.45, 2.75) is 30.9 Å². The fourth-order valence-electron chi connectivity index (χ4n) is 1.97. The topological polar surface area (TPSA) is 124 Å². The average Bonchev–Trinajstić information content (AvgIpc) is 2.96. The Morgan fingerprint density at radius 1 is 1.30 bits per heavy atom. The molecule has 1 aromatic heterocycles. The summed E-state index contributed by atoms with van der Waals surface area (Å²) in [6.07, 6.45) is 0. The number of alkyl halides is 2. The molecule has 0 spiro atoms. The molecule has 0 saturated carbocycles. The third-order valence-electron chi connectivity index (χ3n) is 3.23. The van der Waals surface area contributed by atoms with Gasteiger partial charge in [0.25, 0.3) is 0 Å². The summed E-state index contributed by atoms with van der Waals surface area (Å²) in [6, 6.07) is 5.13. The zero-order chi connectivity index (χ0) is 20.0. The number of rotatable bonds is 7. The summed E-state index contributed by atoms with van der Waals surface area (Å²) in [4.78, 5) is 23.4. The lowest BCUT2D eigenvalue weighted by Crippen LogP contribution is -2.42. The summed E-state index contributed by atoms with van der Waals surface area (Å²) >= 11 is 1.01. The Morgan fingerprint density at radius 2 is 1.96 bits per heavy atom. The first kappa shape index (κ1) is 20.4. The molecular weight excluding hydrogens is 382 g/mol. The monoisotopic (exact) mass is 400 g/mol. The number of nitrogens with zero attached hydrogens (tertiary/aromatic N) is 3. The maximum absolute atomic E-state index is 12.2. The number of nitrogen functional groups attached to an aromatic ring is 1. The van der Waals surface area contributed by atoms with Gasteiger partial charge >= 0.3 is 12.6 Å². The summed E-state index contributed by atoms with van der Waals surface area (Å²) in [5.74, 6) is 5.73. The van der Waals surface area contributed by atoms with Crippen molar-refractivity contribution in [2.75, 3.05) is 12.4 Å². The van der Waals surface area contributed by atoms with Crippen LogP contribution in [-0.4, -0.2) is 45.2 Å². The lowest BCUT2D eigenvalue weighted by atomic mass is 10.2. The summed E-state index contributed by atoms with van der Waals surface area (Å²) in [7, 11) is 0. The molecule has 0 aliphatic rings. The second kappa shape index (κ2) is 9.16. The molecule has 0 aliphatic carbocycles. The Labute approximate surface area is 157 Å². The summed E-state index contributed by atoms with van der Waals surface area (Å²) < 4.78 is 29.8. The van der Waals surface area contributed by atoms with Gasteiger partial charge < -0.3 is 15.9 Å². The fourth-order valence-corrected chi connectivity index (χ4v) is 2.74. The highest BCUT2D eigenvalue weighted by atomic mass is 32.2. The molecule has 4 N–H and O–H groups in total. The zero-order valence-electron chi connectivity index (χ0n) is 14.5. The normalized spacial score (nSPS) is 11.9. The number of urea groups is 1. The number of ether oxygens (including phenoxy) is 1. The van der Waals surface area contributed by atoms with Crippen LogP contribution in [0.15, 0.2) is 29.4 Å². The quantitative estimate of drug-likeness (QED) is 0.476. The van der Waals surface area contributed by atoms with E-state index in [4.69, 9.17) is 5.84 Å². The number of hydrogen-bond acceptors (Lipinski definition) is 7. The van der Waals surface area contributed by atoms with Crippen molar-refractivity contribution in [3.8, 4) is 17.1 Å². The molecule has 9 nitrogen and oxygen atoms in total. The molecule has 1 aromatic carbocycles. The molecule has 0 bridgehead atoms. The van der Waals surface area contributed by atoms with Gasteiger partial charge in [-0.2, -0.15) is 8.78 Å². The molecule has 3 amide bonds. The van der Waals surface area contributed by atoms with Crippen LogP contribution in [0.25, 0.3) is 11.4 Å². The lowest BCUT2D eigenvalue weighted by Gasteiger charge is -2.11. The number of amides is 3. The predicted molar refractivity (Wildman–Crippen MR) is 94.8 cm³/mol. The third kappa shape index (κ3) is 5.54. The van der Waals surface area contributed by atoms with Gasteiger partial charge in [0, 0.05) is 12.1 Å². The van der Waals surface area contributed by atoms with Crippen molar-refractivity contribution in [2.24, 2.45) is 0 Å². The molecule has 2 rings (SSSR count). The van der Waals surface area contributed by atoms with Gasteiger partial charge in [-0.1, -0.05) is 11.8 Å². The smallest absolute Gasteiger partial charge is 0.387 e. The van der Waals surface area contributed by atoms with E-state index in [0.717, 1.165) is 11.8 Å². The first-order valence-electron chi connectivity index (χ1n) is 7.83. The van der Waals surface area contributed by atoms with E-state index in [1.807, 2.05) is 0 Å². The van der Waals surface area contributed by atoms with Gasteiger partial charge in [0.05, 0.1) is 5.25 Å². The minimum atomic E-state index is -2.91. The van der Waals surface area contributed by atoms with E-state index in [9.17, 15) is 18.4 Å². The van der Waals surface area contributed by atoms with Crippen LogP contribution in [0.3, 0.4) is 0 Å². The van der Waals surface area contributed by atoms with Crippen LogP contribution in [0.1, 0.15) is 13.8 Å². The van der Waals surface area contributed by atoms with E-state index < -0.39 is 23.8 Å². The molecule has 1 atom stereocenters. The van der Waals surface area contributed by atoms with Gasteiger partial charge in [0.15, 0.2) is 5.82 Å². The van der Waals surface area contributed by atoms with Crippen molar-refractivity contribution >= 4 is 23.7 Å². The van der Waals surface area contributed by atoms with E-state index >= 15 is 0 Å². The largest absolute Gasteiger partial charge is 0.435 e. The minimum Gasteiger partial charge on any atom is -0.435 e. The fraction of sp³-hybridized carbons (Fsp3) is 0.333. The highest BCUT2D eigenvalue weighted by molar-refractivity contribution is 8.00. The summed E-state index contributed by atoms with van der Waals surface area (Å²) in [5, 5.41) is 12.1. The molecule has 0 radical (unpaired) electrons. The first-order valence-corrected chi connectivity index (χ1v) is 8.70. The molecule has 2 aromatic rings. The number of carbonyl (C=O) groups excluding carboxylic acids is 2. The maximum Gasteiger partial charge on any atom is 0.387 e. The number of halogens is 2. The lowest BCUT2D eigenvalue weighted by molar-refractivity contribution is -0.119. The first-order chi connectivity index (χ1) is 12.8. The molecule has 12 heteroatoms. The van der Waals surface area contributed by atoms with E-state index in [2.05, 4.69) is 25.6 Å². The van der Waals surface area contributed by atoms with Crippen molar-refractivity contribution in [3.63, 3.8) is 0 Å². The zero-order valence-corrected chi connectivity index (χ0v) is 15.3. The van der Waals surface area contributed by atoms with Gasteiger partial charge in [-0.05, 0) is 38.1 Å². The number of imide groups is 1. The van der Waals surface area contributed by atoms with Crippen molar-refractivity contribution in [1.82, 2.24) is 25.5 Å². The maximum atomic E-state index is 12.2. The minimum absolute atomic E-state index is 0.00193. The number of hydrogen-bond donors (Lipinski definition) is 3. The second-order valence-electron chi connectivity index (χ2n) is 5.19. The van der Waals surface area contributed by atoms with Crippen LogP contribution in [0, 0.1) is 0 Å². The second-order valence-corrected chi connectivity index (χ2v) is 6.50. The Morgan fingerprint density at radius 3 is 2.56 bits per heavy atom. The highest BCUT2D eigenvalue weighted by Crippen LogP contribution is 2.26. The van der Waals surface area contributed by atoms with Gasteiger partial charge in [-0.15, -0.1) is 10.2 Å². The van der Waals surface area contributed by atoms with Gasteiger partial charge in [-0.25, -0.2) is 9.47 Å². The number of aromatic nitrogens is 3. The molecule has 146 valence electrons. The number of nitrogens with two attached hydrogens (primary N) is 1. The van der Waals surface area contributed by atoms with Crippen molar-refractivity contribution in [3.05, 3.63) is 24.3 Å². The SMILES string of the molecule is CCNC(=O)NC(=O)[C@H](C)Sc1nnc(-c2ccc(OC(F)F)cc2)n1N. The van der Waals surface area contributed by atoms with E-state index in [1.54, 1.807) is 13.8 Å². The average molecular weight is 400 g/mol. The van der Waals surface area contributed by atoms with Gasteiger partial charge in [0.1, 0.15) is 5.75 Å². The number of thioether (sulfide) groups is 1. The molecule has 1 heterocycles. The van der Waals surface area contributed by atoms with E-state index in [1.165, 1.54) is 28.9 Å². The Kier molecular flexibility index (Phi) is 6.93. The van der Waals surface area contributed by atoms with Crippen LogP contribution in [0.2, 0.25) is 0 Å². The molecule has 27 heavy (non-hydrogen) atoms. The Balaban J connectivity index is 2.06. The number of benzene rings is 1. The molecular formula is C15H18F2N6O3S. The van der Waals surface area contributed by atoms with Gasteiger partial charge in [-0.3, -0.25) is 10.1 Å². The van der Waals surface area contributed by atoms with Crippen molar-refractivity contribution in [1.29, 1.82) is 0 Å². The van der Waals surface area contributed by atoms with Crippen LogP contribution < -0.4 is 21.2 Å². The number of nitrogens with one attached hydrogen (secondary N) is 2. The molecule has 0 saturated heterocycles. The molecule has 0 unspecified atom stereocenters. The molecule has 0 fully saturated rings. The van der Waals surface area contributed by atoms with Crippen molar-refractivity contribution < 1.29 is 23.1 Å². The summed E-state index contributed by atoms with van der Waals surface area (Å²) in [6.45, 7) is 0.795. The Hall–Kier alpha value is -2.89.